The Morgan fingerprint density at radius 1 is 1.22 bits per heavy atom. The lowest BCUT2D eigenvalue weighted by molar-refractivity contribution is 0.751. The third-order valence-corrected chi connectivity index (χ3v) is 4.43. The van der Waals surface area contributed by atoms with Crippen LogP contribution in [0.15, 0.2) is 12.1 Å². The fourth-order valence-corrected chi connectivity index (χ4v) is 3.57. The molecule has 0 amide bonds. The Hall–Kier alpha value is -1.28. The number of hydrogen-bond acceptors (Lipinski definition) is 1. The summed E-state index contributed by atoms with van der Waals surface area (Å²) in [7, 11) is 2.20. The maximum atomic E-state index is 3.49. The lowest BCUT2D eigenvalue weighted by Crippen LogP contribution is -2.08. The number of fused-ring (bicyclic) bond motifs is 1. The van der Waals surface area contributed by atoms with Gasteiger partial charge in [0.05, 0.1) is 5.52 Å². The molecular weight excluding hydrogens is 220 g/mol. The first-order valence-electron chi connectivity index (χ1n) is 6.86. The minimum atomic E-state index is 0.690. The predicted octanol–water partition coefficient (Wildman–Crippen LogP) is 3.18. The number of benzene rings is 1. The Bertz CT molecular complexity index is 601. The Kier molecular flexibility index (Phi) is 2.70. The van der Waals surface area contributed by atoms with Gasteiger partial charge in [0, 0.05) is 24.7 Å². The number of nitrogens with one attached hydrogen (secondary N) is 1. The number of aromatic nitrogens is 1. The largest absolute Gasteiger partial charge is 0.347 e. The molecule has 1 N–H and O–H groups in total. The van der Waals surface area contributed by atoms with E-state index in [4.69, 9.17) is 0 Å². The molecule has 1 aromatic heterocycles. The normalized spacial score (nSPS) is 19.9. The van der Waals surface area contributed by atoms with Crippen LogP contribution in [0.25, 0.3) is 10.9 Å². The van der Waals surface area contributed by atoms with E-state index >= 15 is 0 Å². The Morgan fingerprint density at radius 2 is 2.00 bits per heavy atom. The molecule has 1 fully saturated rings. The molecule has 1 aliphatic heterocycles. The molecule has 2 aromatic rings. The molecule has 2 heteroatoms. The monoisotopic (exact) mass is 242 g/mol. The van der Waals surface area contributed by atoms with Gasteiger partial charge in [0.2, 0.25) is 0 Å². The van der Waals surface area contributed by atoms with Crippen LogP contribution in [0.3, 0.4) is 0 Å². The van der Waals surface area contributed by atoms with E-state index in [2.05, 4.69) is 49.8 Å². The molecule has 1 saturated heterocycles. The van der Waals surface area contributed by atoms with Crippen LogP contribution in [0.2, 0.25) is 0 Å². The van der Waals surface area contributed by atoms with Gasteiger partial charge in [-0.2, -0.15) is 0 Å². The molecule has 1 unspecified atom stereocenters. The van der Waals surface area contributed by atoms with Crippen LogP contribution in [0.1, 0.15) is 34.7 Å². The van der Waals surface area contributed by atoms with Crippen molar-refractivity contribution in [3.05, 3.63) is 34.5 Å². The van der Waals surface area contributed by atoms with Gasteiger partial charge in [-0.3, -0.25) is 0 Å². The predicted molar refractivity (Wildman–Crippen MR) is 77.4 cm³/mol. The van der Waals surface area contributed by atoms with Crippen LogP contribution in [0.5, 0.6) is 0 Å². The molecule has 18 heavy (non-hydrogen) atoms. The smallest absolute Gasteiger partial charge is 0.0512 e. The maximum absolute atomic E-state index is 3.49. The summed E-state index contributed by atoms with van der Waals surface area (Å²) >= 11 is 0. The van der Waals surface area contributed by atoms with Crippen molar-refractivity contribution in [3.63, 3.8) is 0 Å². The molecule has 0 radical (unpaired) electrons. The van der Waals surface area contributed by atoms with E-state index in [0.29, 0.717) is 5.92 Å². The summed E-state index contributed by atoms with van der Waals surface area (Å²) in [5.41, 5.74) is 7.20. The second-order valence-corrected chi connectivity index (χ2v) is 5.73. The Morgan fingerprint density at radius 3 is 2.67 bits per heavy atom. The fraction of sp³-hybridized carbons (Fsp3) is 0.500. The zero-order chi connectivity index (χ0) is 12.9. The van der Waals surface area contributed by atoms with Gasteiger partial charge in [0.1, 0.15) is 0 Å². The summed E-state index contributed by atoms with van der Waals surface area (Å²) < 4.78 is 2.37. The van der Waals surface area contributed by atoms with Gasteiger partial charge in [0.15, 0.2) is 0 Å². The molecular formula is C16H22N2. The highest BCUT2D eigenvalue weighted by atomic mass is 15.0. The van der Waals surface area contributed by atoms with E-state index in [9.17, 15) is 0 Å². The standard InChI is InChI=1S/C16H22N2/c1-10-7-11(2)16-14(8-10)15(12(3)18(16)4)13-5-6-17-9-13/h7-8,13,17H,5-6,9H2,1-4H3. The molecule has 0 bridgehead atoms. The van der Waals surface area contributed by atoms with E-state index in [1.54, 1.807) is 5.56 Å². The summed E-state index contributed by atoms with van der Waals surface area (Å²) in [6.45, 7) is 8.98. The fourth-order valence-electron chi connectivity index (χ4n) is 3.57. The van der Waals surface area contributed by atoms with Crippen LogP contribution < -0.4 is 5.32 Å². The topological polar surface area (TPSA) is 17.0 Å². The van der Waals surface area contributed by atoms with Crippen LogP contribution in [-0.4, -0.2) is 17.7 Å². The molecule has 0 aliphatic carbocycles. The van der Waals surface area contributed by atoms with E-state index in [0.717, 1.165) is 13.1 Å². The summed E-state index contributed by atoms with van der Waals surface area (Å²) in [4.78, 5) is 0. The minimum absolute atomic E-state index is 0.690. The SMILES string of the molecule is Cc1cc(C)c2c(c1)c(C1CCNC1)c(C)n2C. The highest BCUT2D eigenvalue weighted by molar-refractivity contribution is 5.89. The third-order valence-electron chi connectivity index (χ3n) is 4.43. The number of hydrogen-bond donors (Lipinski definition) is 1. The zero-order valence-corrected chi connectivity index (χ0v) is 11.8. The first-order chi connectivity index (χ1) is 8.59. The van der Waals surface area contributed by atoms with Crippen LogP contribution in [0, 0.1) is 20.8 Å². The van der Waals surface area contributed by atoms with E-state index < -0.39 is 0 Å². The maximum Gasteiger partial charge on any atom is 0.0512 e. The first-order valence-corrected chi connectivity index (χ1v) is 6.86. The average Bonchev–Trinajstić information content (AvgIpc) is 2.88. The van der Waals surface area contributed by atoms with Crippen molar-refractivity contribution in [3.8, 4) is 0 Å². The summed E-state index contributed by atoms with van der Waals surface area (Å²) in [5.74, 6) is 0.690. The number of aryl methyl sites for hydroxylation is 3. The van der Waals surface area contributed by atoms with E-state index in [-0.39, 0.29) is 0 Å². The van der Waals surface area contributed by atoms with Crippen molar-refractivity contribution in [2.24, 2.45) is 7.05 Å². The molecule has 3 rings (SSSR count). The highest BCUT2D eigenvalue weighted by Crippen LogP contribution is 2.36. The lowest BCUT2D eigenvalue weighted by atomic mass is 9.94. The second kappa shape index (κ2) is 4.13. The van der Waals surface area contributed by atoms with Crippen molar-refractivity contribution >= 4 is 10.9 Å². The van der Waals surface area contributed by atoms with E-state index in [1.807, 2.05) is 0 Å². The quantitative estimate of drug-likeness (QED) is 0.812. The molecule has 2 heterocycles. The highest BCUT2D eigenvalue weighted by Gasteiger charge is 2.24. The van der Waals surface area contributed by atoms with Gasteiger partial charge in [0.25, 0.3) is 0 Å². The molecule has 1 aromatic carbocycles. The summed E-state index contributed by atoms with van der Waals surface area (Å²) in [6.07, 6.45) is 1.27. The van der Waals surface area contributed by atoms with Crippen molar-refractivity contribution in [2.75, 3.05) is 13.1 Å². The number of rotatable bonds is 1. The van der Waals surface area contributed by atoms with Crippen molar-refractivity contribution in [2.45, 2.75) is 33.1 Å². The van der Waals surface area contributed by atoms with Crippen LogP contribution in [0.4, 0.5) is 0 Å². The molecule has 1 aliphatic rings. The van der Waals surface area contributed by atoms with Crippen LogP contribution >= 0.6 is 0 Å². The first kappa shape index (κ1) is 11.8. The van der Waals surface area contributed by atoms with Crippen molar-refractivity contribution in [1.82, 2.24) is 9.88 Å². The van der Waals surface area contributed by atoms with Gasteiger partial charge in [-0.25, -0.2) is 0 Å². The van der Waals surface area contributed by atoms with Gasteiger partial charge >= 0.3 is 0 Å². The van der Waals surface area contributed by atoms with Crippen LogP contribution in [-0.2, 0) is 7.05 Å². The minimum Gasteiger partial charge on any atom is -0.347 e. The van der Waals surface area contributed by atoms with Gasteiger partial charge in [-0.1, -0.05) is 11.6 Å². The third kappa shape index (κ3) is 1.59. The van der Waals surface area contributed by atoms with Crippen molar-refractivity contribution < 1.29 is 0 Å². The number of nitrogens with zero attached hydrogens (tertiary/aromatic N) is 1. The molecule has 0 saturated carbocycles. The van der Waals surface area contributed by atoms with Gasteiger partial charge in [-0.15, -0.1) is 0 Å². The van der Waals surface area contributed by atoms with Gasteiger partial charge < -0.3 is 9.88 Å². The molecule has 1 atom stereocenters. The molecule has 0 spiro atoms. The van der Waals surface area contributed by atoms with E-state index in [1.165, 1.54) is 34.1 Å². The lowest BCUT2D eigenvalue weighted by Gasteiger charge is -2.09. The van der Waals surface area contributed by atoms with Crippen molar-refractivity contribution in [1.29, 1.82) is 0 Å². The average molecular weight is 242 g/mol. The summed E-state index contributed by atoms with van der Waals surface area (Å²) in [6, 6.07) is 4.65. The Balaban J connectivity index is 2.33. The Labute approximate surface area is 109 Å². The second-order valence-electron chi connectivity index (χ2n) is 5.73. The zero-order valence-electron chi connectivity index (χ0n) is 11.8. The molecule has 2 nitrogen and oxygen atoms in total. The van der Waals surface area contributed by atoms with Gasteiger partial charge in [-0.05, 0) is 56.8 Å². The summed E-state index contributed by atoms with van der Waals surface area (Å²) in [5, 5.41) is 4.97. The molecule has 96 valence electrons.